The summed E-state index contributed by atoms with van der Waals surface area (Å²) in [6.07, 6.45) is 0. The van der Waals surface area contributed by atoms with E-state index in [0.29, 0.717) is 18.3 Å². The lowest BCUT2D eigenvalue weighted by atomic mass is 10.2. The van der Waals surface area contributed by atoms with Crippen LogP contribution in [0.5, 0.6) is 0 Å². The summed E-state index contributed by atoms with van der Waals surface area (Å²) in [6, 6.07) is 4.49. The first-order valence-corrected chi connectivity index (χ1v) is 6.74. The highest BCUT2D eigenvalue weighted by Gasteiger charge is 2.23. The first-order chi connectivity index (χ1) is 8.58. The van der Waals surface area contributed by atoms with Gasteiger partial charge in [0.2, 0.25) is 0 Å². The molecule has 0 bridgehead atoms. The highest BCUT2D eigenvalue weighted by molar-refractivity contribution is 7.99. The summed E-state index contributed by atoms with van der Waals surface area (Å²) in [5.74, 6) is -0.400. The van der Waals surface area contributed by atoms with Gasteiger partial charge in [-0.1, -0.05) is 13.0 Å². The molecule has 1 aromatic rings. The zero-order valence-electron chi connectivity index (χ0n) is 10.00. The Morgan fingerprint density at radius 1 is 1.44 bits per heavy atom. The summed E-state index contributed by atoms with van der Waals surface area (Å²) in [5.41, 5.74) is 0.106. The van der Waals surface area contributed by atoms with Crippen molar-refractivity contribution in [3.63, 3.8) is 0 Å². The van der Waals surface area contributed by atoms with Gasteiger partial charge in [0.1, 0.15) is 11.4 Å². The van der Waals surface area contributed by atoms with Crippen molar-refractivity contribution in [2.24, 2.45) is 0 Å². The molecule has 1 atom stereocenters. The number of aromatic nitrogens is 1. The number of carboxylic acids is 1. The number of pyridine rings is 1. The maximum absolute atomic E-state index is 12.2. The van der Waals surface area contributed by atoms with E-state index in [-0.39, 0.29) is 17.3 Å². The fourth-order valence-corrected chi connectivity index (χ4v) is 2.85. The predicted octanol–water partition coefficient (Wildman–Crippen LogP) is 1.36. The molecular formula is C12H14N2O3S. The van der Waals surface area contributed by atoms with Gasteiger partial charge in [-0.05, 0) is 12.1 Å². The number of nitrogens with zero attached hydrogens (tertiary/aromatic N) is 2. The summed E-state index contributed by atoms with van der Waals surface area (Å²) < 4.78 is 0. The minimum absolute atomic E-state index is 0.0970. The van der Waals surface area contributed by atoms with Crippen molar-refractivity contribution in [1.29, 1.82) is 0 Å². The highest BCUT2D eigenvalue weighted by atomic mass is 32.2. The summed E-state index contributed by atoms with van der Waals surface area (Å²) >= 11 is 1.83. The van der Waals surface area contributed by atoms with E-state index in [1.807, 2.05) is 11.8 Å². The predicted molar refractivity (Wildman–Crippen MR) is 69.0 cm³/mol. The van der Waals surface area contributed by atoms with Crippen molar-refractivity contribution in [3.8, 4) is 0 Å². The number of thioether (sulfide) groups is 1. The second-order valence-electron chi connectivity index (χ2n) is 4.15. The SMILES string of the molecule is CC1CN(C(=O)c2cccc(C(=O)O)n2)CCS1. The van der Waals surface area contributed by atoms with Crippen LogP contribution in [0.3, 0.4) is 0 Å². The van der Waals surface area contributed by atoms with Crippen LogP contribution >= 0.6 is 11.8 Å². The van der Waals surface area contributed by atoms with Crippen LogP contribution in [0.25, 0.3) is 0 Å². The van der Waals surface area contributed by atoms with Crippen molar-refractivity contribution in [2.45, 2.75) is 12.2 Å². The van der Waals surface area contributed by atoms with Crippen molar-refractivity contribution in [3.05, 3.63) is 29.6 Å². The van der Waals surface area contributed by atoms with E-state index < -0.39 is 5.97 Å². The summed E-state index contributed by atoms with van der Waals surface area (Å²) in [5, 5.41) is 9.26. The van der Waals surface area contributed by atoms with Gasteiger partial charge in [-0.3, -0.25) is 4.79 Å². The van der Waals surface area contributed by atoms with Gasteiger partial charge in [-0.25, -0.2) is 9.78 Å². The molecule has 0 saturated carbocycles. The molecule has 18 heavy (non-hydrogen) atoms. The van der Waals surface area contributed by atoms with Crippen LogP contribution in [0.2, 0.25) is 0 Å². The fourth-order valence-electron chi connectivity index (χ4n) is 1.84. The molecule has 0 aliphatic carbocycles. The van der Waals surface area contributed by atoms with Crippen LogP contribution in [-0.4, -0.2) is 51.0 Å². The van der Waals surface area contributed by atoms with E-state index in [0.717, 1.165) is 5.75 Å². The Labute approximate surface area is 109 Å². The second-order valence-corrected chi connectivity index (χ2v) is 5.69. The van der Waals surface area contributed by atoms with E-state index in [2.05, 4.69) is 11.9 Å². The summed E-state index contributed by atoms with van der Waals surface area (Å²) in [7, 11) is 0. The van der Waals surface area contributed by atoms with Gasteiger partial charge in [-0.2, -0.15) is 11.8 Å². The molecule has 6 heteroatoms. The molecule has 1 aromatic heterocycles. The Morgan fingerprint density at radius 2 is 2.17 bits per heavy atom. The molecule has 1 saturated heterocycles. The maximum Gasteiger partial charge on any atom is 0.354 e. The number of carboxylic acid groups (broad SMARTS) is 1. The Balaban J connectivity index is 2.17. The minimum atomic E-state index is -1.12. The van der Waals surface area contributed by atoms with Crippen molar-refractivity contribution in [1.82, 2.24) is 9.88 Å². The van der Waals surface area contributed by atoms with Gasteiger partial charge in [0.15, 0.2) is 0 Å². The van der Waals surface area contributed by atoms with E-state index in [1.165, 1.54) is 6.07 Å². The van der Waals surface area contributed by atoms with E-state index >= 15 is 0 Å². The number of carbonyl (C=O) groups is 2. The zero-order chi connectivity index (χ0) is 13.1. The Morgan fingerprint density at radius 3 is 2.83 bits per heavy atom. The molecule has 2 rings (SSSR count). The molecule has 1 amide bonds. The molecule has 0 aromatic carbocycles. The average Bonchev–Trinajstić information content (AvgIpc) is 2.38. The molecule has 1 unspecified atom stereocenters. The van der Waals surface area contributed by atoms with Crippen molar-refractivity contribution >= 4 is 23.6 Å². The van der Waals surface area contributed by atoms with Crippen LogP contribution in [0.15, 0.2) is 18.2 Å². The fraction of sp³-hybridized carbons (Fsp3) is 0.417. The number of aromatic carboxylic acids is 1. The molecular weight excluding hydrogens is 252 g/mol. The number of hydrogen-bond donors (Lipinski definition) is 1. The number of amides is 1. The number of rotatable bonds is 2. The normalized spacial score (nSPS) is 19.6. The Hall–Kier alpha value is -1.56. The molecule has 1 aliphatic rings. The monoisotopic (exact) mass is 266 g/mol. The first-order valence-electron chi connectivity index (χ1n) is 5.69. The third kappa shape index (κ3) is 2.81. The van der Waals surface area contributed by atoms with Crippen LogP contribution < -0.4 is 0 Å². The van der Waals surface area contributed by atoms with Gasteiger partial charge in [0.25, 0.3) is 5.91 Å². The van der Waals surface area contributed by atoms with Gasteiger partial charge >= 0.3 is 5.97 Å². The Bertz CT molecular complexity index is 478. The standard InChI is InChI=1S/C12H14N2O3S/c1-8-7-14(5-6-18-8)11(15)9-3-2-4-10(13-9)12(16)17/h2-4,8H,5-7H2,1H3,(H,16,17). The molecule has 0 spiro atoms. The first kappa shape index (κ1) is 12.9. The largest absolute Gasteiger partial charge is 0.477 e. The quantitative estimate of drug-likeness (QED) is 0.875. The lowest BCUT2D eigenvalue weighted by Gasteiger charge is -2.30. The average molecular weight is 266 g/mol. The van der Waals surface area contributed by atoms with Gasteiger partial charge in [0, 0.05) is 24.1 Å². The molecule has 2 heterocycles. The minimum Gasteiger partial charge on any atom is -0.477 e. The molecule has 0 radical (unpaired) electrons. The van der Waals surface area contributed by atoms with Crippen LogP contribution in [0, 0.1) is 0 Å². The molecule has 1 fully saturated rings. The Kier molecular flexibility index (Phi) is 3.86. The smallest absolute Gasteiger partial charge is 0.354 e. The van der Waals surface area contributed by atoms with Crippen molar-refractivity contribution < 1.29 is 14.7 Å². The zero-order valence-corrected chi connectivity index (χ0v) is 10.8. The van der Waals surface area contributed by atoms with Gasteiger partial charge in [0.05, 0.1) is 0 Å². The maximum atomic E-state index is 12.2. The molecule has 96 valence electrons. The third-order valence-electron chi connectivity index (χ3n) is 2.72. The number of hydrogen-bond acceptors (Lipinski definition) is 4. The van der Waals surface area contributed by atoms with E-state index in [1.54, 1.807) is 17.0 Å². The van der Waals surface area contributed by atoms with E-state index in [9.17, 15) is 9.59 Å². The van der Waals surface area contributed by atoms with Crippen LogP contribution in [0.4, 0.5) is 0 Å². The molecule has 1 N–H and O–H groups in total. The molecule has 5 nitrogen and oxygen atoms in total. The summed E-state index contributed by atoms with van der Waals surface area (Å²) in [6.45, 7) is 3.44. The van der Waals surface area contributed by atoms with Crippen LogP contribution in [-0.2, 0) is 0 Å². The van der Waals surface area contributed by atoms with Crippen molar-refractivity contribution in [2.75, 3.05) is 18.8 Å². The van der Waals surface area contributed by atoms with Gasteiger partial charge in [-0.15, -0.1) is 0 Å². The summed E-state index contributed by atoms with van der Waals surface area (Å²) in [4.78, 5) is 28.6. The lowest BCUT2D eigenvalue weighted by Crippen LogP contribution is -2.41. The van der Waals surface area contributed by atoms with Crippen LogP contribution in [0.1, 0.15) is 27.9 Å². The second kappa shape index (κ2) is 5.39. The lowest BCUT2D eigenvalue weighted by molar-refractivity contribution is 0.0690. The molecule has 1 aliphatic heterocycles. The van der Waals surface area contributed by atoms with E-state index in [4.69, 9.17) is 5.11 Å². The highest BCUT2D eigenvalue weighted by Crippen LogP contribution is 2.19. The topological polar surface area (TPSA) is 70.5 Å². The third-order valence-corrected chi connectivity index (χ3v) is 3.85. The number of carbonyl (C=O) groups excluding carboxylic acids is 1. The van der Waals surface area contributed by atoms with Gasteiger partial charge < -0.3 is 10.0 Å².